The quantitative estimate of drug-likeness (QED) is 0.423. The van der Waals surface area contributed by atoms with Crippen molar-refractivity contribution in [3.63, 3.8) is 0 Å². The molecule has 0 N–H and O–H groups in total. The Morgan fingerprint density at radius 1 is 0.862 bits per heavy atom. The molecule has 29 heavy (non-hydrogen) atoms. The average Bonchev–Trinajstić information content (AvgIpc) is 3.23. The van der Waals surface area contributed by atoms with Gasteiger partial charge >= 0.3 is 18.0 Å². The molecule has 1 saturated heterocycles. The van der Waals surface area contributed by atoms with E-state index in [9.17, 15) is 14.4 Å². The number of ether oxygens (including phenoxy) is 3. The van der Waals surface area contributed by atoms with Gasteiger partial charge in [0.15, 0.2) is 0 Å². The second-order valence-electron chi connectivity index (χ2n) is 6.71. The number of hydrogen-bond acceptors (Lipinski definition) is 6. The third-order valence-electron chi connectivity index (χ3n) is 4.88. The van der Waals surface area contributed by atoms with Gasteiger partial charge in [-0.1, -0.05) is 60.7 Å². The predicted molar refractivity (Wildman–Crippen MR) is 104 cm³/mol. The van der Waals surface area contributed by atoms with Gasteiger partial charge < -0.3 is 14.2 Å². The van der Waals surface area contributed by atoms with Crippen molar-refractivity contribution in [3.8, 4) is 0 Å². The first-order valence-corrected chi connectivity index (χ1v) is 9.36. The highest BCUT2D eigenvalue weighted by atomic mass is 16.6. The van der Waals surface area contributed by atoms with E-state index in [-0.39, 0.29) is 26.2 Å². The SMILES string of the molecule is COC(=O)[C@@]1(C(=O)OCc2ccccc2)CCCN1C(=O)OCc1ccccc1. The zero-order chi connectivity index (χ0) is 20.7. The highest BCUT2D eigenvalue weighted by Gasteiger charge is 2.59. The predicted octanol–water partition coefficient (Wildman–Crippen LogP) is 3.07. The summed E-state index contributed by atoms with van der Waals surface area (Å²) in [5.74, 6) is -1.65. The van der Waals surface area contributed by atoms with Crippen LogP contribution < -0.4 is 0 Å². The number of benzene rings is 2. The molecule has 1 aliphatic rings. The van der Waals surface area contributed by atoms with E-state index in [4.69, 9.17) is 14.2 Å². The number of amides is 1. The Kier molecular flexibility index (Phi) is 6.49. The molecule has 1 fully saturated rings. The highest BCUT2D eigenvalue weighted by molar-refractivity contribution is 6.07. The van der Waals surface area contributed by atoms with Gasteiger partial charge in [-0.05, 0) is 24.0 Å². The van der Waals surface area contributed by atoms with Crippen molar-refractivity contribution in [2.45, 2.75) is 31.6 Å². The average molecular weight is 397 g/mol. The Labute approximate surface area is 169 Å². The van der Waals surface area contributed by atoms with Gasteiger partial charge in [-0.25, -0.2) is 14.4 Å². The molecule has 0 saturated carbocycles. The molecular formula is C22H23NO6. The van der Waals surface area contributed by atoms with Crippen LogP contribution in [0.1, 0.15) is 24.0 Å². The van der Waals surface area contributed by atoms with Gasteiger partial charge in [-0.3, -0.25) is 4.90 Å². The largest absolute Gasteiger partial charge is 0.467 e. The Morgan fingerprint density at radius 3 is 1.97 bits per heavy atom. The number of esters is 2. The number of hydrogen-bond donors (Lipinski definition) is 0. The Bertz CT molecular complexity index is 854. The van der Waals surface area contributed by atoms with Crippen molar-refractivity contribution in [3.05, 3.63) is 71.8 Å². The van der Waals surface area contributed by atoms with Crippen LogP contribution in [0.2, 0.25) is 0 Å². The van der Waals surface area contributed by atoms with Crippen molar-refractivity contribution in [1.29, 1.82) is 0 Å². The minimum atomic E-state index is -1.84. The molecular weight excluding hydrogens is 374 g/mol. The van der Waals surface area contributed by atoms with Crippen LogP contribution in [0, 0.1) is 0 Å². The van der Waals surface area contributed by atoms with E-state index >= 15 is 0 Å². The minimum absolute atomic E-state index is 0.00861. The summed E-state index contributed by atoms with van der Waals surface area (Å²) in [7, 11) is 1.18. The molecule has 1 aliphatic heterocycles. The van der Waals surface area contributed by atoms with E-state index in [1.807, 2.05) is 48.5 Å². The number of rotatable bonds is 6. The number of carbonyl (C=O) groups is 3. The summed E-state index contributed by atoms with van der Waals surface area (Å²) in [5.41, 5.74) is -0.260. The van der Waals surface area contributed by atoms with Gasteiger partial charge in [0.25, 0.3) is 0 Å². The fourth-order valence-corrected chi connectivity index (χ4v) is 3.38. The maximum Gasteiger partial charge on any atom is 0.411 e. The van der Waals surface area contributed by atoms with Crippen molar-refractivity contribution >= 4 is 18.0 Å². The molecule has 0 unspecified atom stereocenters. The van der Waals surface area contributed by atoms with Gasteiger partial charge in [0, 0.05) is 6.54 Å². The van der Waals surface area contributed by atoms with Gasteiger partial charge in [-0.15, -0.1) is 0 Å². The monoisotopic (exact) mass is 397 g/mol. The molecule has 7 nitrogen and oxygen atoms in total. The van der Waals surface area contributed by atoms with Crippen LogP contribution in [-0.2, 0) is 37.0 Å². The lowest BCUT2D eigenvalue weighted by Crippen LogP contribution is -2.59. The van der Waals surface area contributed by atoms with E-state index in [1.54, 1.807) is 12.1 Å². The number of nitrogens with zero attached hydrogens (tertiary/aromatic N) is 1. The smallest absolute Gasteiger partial charge is 0.411 e. The molecule has 0 bridgehead atoms. The molecule has 0 aliphatic carbocycles. The van der Waals surface area contributed by atoms with E-state index in [0.717, 1.165) is 16.0 Å². The zero-order valence-corrected chi connectivity index (χ0v) is 16.2. The summed E-state index contributed by atoms with van der Waals surface area (Å²) in [5, 5.41) is 0. The van der Waals surface area contributed by atoms with Crippen LogP contribution in [-0.4, -0.2) is 42.1 Å². The van der Waals surface area contributed by atoms with E-state index < -0.39 is 23.6 Å². The normalized spacial score (nSPS) is 18.2. The van der Waals surface area contributed by atoms with E-state index in [0.29, 0.717) is 6.42 Å². The van der Waals surface area contributed by atoms with Crippen LogP contribution in [0.3, 0.4) is 0 Å². The van der Waals surface area contributed by atoms with E-state index in [2.05, 4.69) is 0 Å². The first kappa shape index (κ1) is 20.4. The van der Waals surface area contributed by atoms with Crippen LogP contribution in [0.15, 0.2) is 60.7 Å². The van der Waals surface area contributed by atoms with Crippen molar-refractivity contribution < 1.29 is 28.6 Å². The minimum Gasteiger partial charge on any atom is -0.467 e. The standard InChI is InChI=1S/C22H23NO6/c1-27-19(24)22(20(25)28-15-17-9-4-2-5-10-17)13-8-14-23(22)21(26)29-16-18-11-6-3-7-12-18/h2-7,9-12H,8,13-16H2,1H3/t22-/m1/s1. The van der Waals surface area contributed by atoms with Gasteiger partial charge in [0.2, 0.25) is 5.54 Å². The summed E-state index contributed by atoms with van der Waals surface area (Å²) in [6.07, 6.45) is -0.183. The third kappa shape index (κ3) is 4.39. The number of methoxy groups -OCH3 is 1. The molecule has 0 spiro atoms. The van der Waals surface area contributed by atoms with Crippen molar-refractivity contribution in [2.75, 3.05) is 13.7 Å². The summed E-state index contributed by atoms with van der Waals surface area (Å²) in [6, 6.07) is 18.3. The number of carbonyl (C=O) groups excluding carboxylic acids is 3. The molecule has 7 heteroatoms. The summed E-state index contributed by atoms with van der Waals surface area (Å²) in [6.45, 7) is 0.223. The summed E-state index contributed by atoms with van der Waals surface area (Å²) >= 11 is 0. The Balaban J connectivity index is 1.74. The Morgan fingerprint density at radius 2 is 1.41 bits per heavy atom. The maximum absolute atomic E-state index is 13.0. The zero-order valence-electron chi connectivity index (χ0n) is 16.2. The van der Waals surface area contributed by atoms with Crippen LogP contribution in [0.4, 0.5) is 4.79 Å². The van der Waals surface area contributed by atoms with Gasteiger partial charge in [-0.2, -0.15) is 0 Å². The van der Waals surface area contributed by atoms with Crippen molar-refractivity contribution in [2.24, 2.45) is 0 Å². The molecule has 2 aromatic carbocycles. The second-order valence-corrected chi connectivity index (χ2v) is 6.71. The molecule has 3 rings (SSSR count). The summed E-state index contributed by atoms with van der Waals surface area (Å²) in [4.78, 5) is 39.4. The van der Waals surface area contributed by atoms with Gasteiger partial charge in [0.05, 0.1) is 7.11 Å². The number of likely N-dealkylation sites (tertiary alicyclic amines) is 1. The maximum atomic E-state index is 13.0. The lowest BCUT2D eigenvalue weighted by molar-refractivity contribution is -0.171. The second kappa shape index (κ2) is 9.23. The fourth-order valence-electron chi connectivity index (χ4n) is 3.38. The van der Waals surface area contributed by atoms with Crippen LogP contribution in [0.25, 0.3) is 0 Å². The first-order chi connectivity index (χ1) is 14.1. The summed E-state index contributed by atoms with van der Waals surface area (Å²) < 4.78 is 15.6. The molecule has 0 radical (unpaired) electrons. The van der Waals surface area contributed by atoms with Crippen molar-refractivity contribution in [1.82, 2.24) is 4.90 Å². The third-order valence-corrected chi connectivity index (χ3v) is 4.88. The van der Waals surface area contributed by atoms with Crippen LogP contribution in [0.5, 0.6) is 0 Å². The fraction of sp³-hybridized carbons (Fsp3) is 0.318. The molecule has 1 amide bonds. The molecule has 1 heterocycles. The lowest BCUT2D eigenvalue weighted by Gasteiger charge is -2.32. The molecule has 2 aromatic rings. The lowest BCUT2D eigenvalue weighted by atomic mass is 9.96. The van der Waals surface area contributed by atoms with Gasteiger partial charge in [0.1, 0.15) is 13.2 Å². The van der Waals surface area contributed by atoms with E-state index in [1.165, 1.54) is 7.11 Å². The Hall–Kier alpha value is -3.35. The molecule has 0 aromatic heterocycles. The molecule has 1 atom stereocenters. The first-order valence-electron chi connectivity index (χ1n) is 9.36. The van der Waals surface area contributed by atoms with Crippen LogP contribution >= 0.6 is 0 Å². The highest BCUT2D eigenvalue weighted by Crippen LogP contribution is 2.33. The topological polar surface area (TPSA) is 82.1 Å². The molecule has 152 valence electrons.